The maximum atomic E-state index is 10.0. The lowest BCUT2D eigenvalue weighted by atomic mass is 9.75. The van der Waals surface area contributed by atoms with Crippen LogP contribution in [-0.4, -0.2) is 16.0 Å². The second kappa shape index (κ2) is 5.35. The van der Waals surface area contributed by atoms with E-state index in [4.69, 9.17) is 0 Å². The quantitative estimate of drug-likeness (QED) is 0.713. The van der Waals surface area contributed by atoms with Gasteiger partial charge < -0.3 is 5.11 Å². The molecule has 2 unspecified atom stereocenters. The molecule has 2 atom stereocenters. The minimum Gasteiger partial charge on any atom is -0.390 e. The summed E-state index contributed by atoms with van der Waals surface area (Å²) >= 11 is 3.47. The Morgan fingerprint density at radius 2 is 1.69 bits per heavy atom. The van der Waals surface area contributed by atoms with E-state index < -0.39 is 5.60 Å². The third-order valence-corrected chi connectivity index (χ3v) is 3.52. The number of hydrogen-bond donors (Lipinski definition) is 1. The highest BCUT2D eigenvalue weighted by molar-refractivity contribution is 9.09. The number of halogens is 1. The third-order valence-electron chi connectivity index (χ3n) is 3.12. The lowest BCUT2D eigenvalue weighted by Crippen LogP contribution is -2.32. The van der Waals surface area contributed by atoms with Crippen molar-refractivity contribution in [1.29, 1.82) is 0 Å². The fourth-order valence-corrected chi connectivity index (χ4v) is 2.62. The highest BCUT2D eigenvalue weighted by Gasteiger charge is 2.30. The highest BCUT2D eigenvalue weighted by atomic mass is 79.9. The van der Waals surface area contributed by atoms with Gasteiger partial charge in [-0.15, -0.1) is 0 Å². The van der Waals surface area contributed by atoms with Crippen LogP contribution >= 0.6 is 15.9 Å². The van der Waals surface area contributed by atoms with Gasteiger partial charge in [0, 0.05) is 5.33 Å². The van der Waals surface area contributed by atoms with Gasteiger partial charge in [-0.1, -0.05) is 43.1 Å². The topological polar surface area (TPSA) is 20.2 Å². The molecule has 0 spiro atoms. The Bertz CT molecular complexity index is 145. The van der Waals surface area contributed by atoms with E-state index in [2.05, 4.69) is 29.8 Å². The second-order valence-electron chi connectivity index (χ2n) is 4.63. The second-order valence-corrected chi connectivity index (χ2v) is 5.42. The van der Waals surface area contributed by atoms with Crippen molar-refractivity contribution in [3.63, 3.8) is 0 Å². The molecule has 0 aliphatic heterocycles. The van der Waals surface area contributed by atoms with Crippen molar-refractivity contribution >= 4 is 15.9 Å². The first-order valence-corrected chi connectivity index (χ1v) is 6.29. The standard InChI is InChI=1S/C11H23BrO/c1-5-10(3,7-8-12)9-11(4,13)6-2/h13H,5-9H2,1-4H3. The molecule has 0 aliphatic carbocycles. The molecule has 0 amide bonds. The van der Waals surface area contributed by atoms with Gasteiger partial charge in [-0.05, 0) is 31.6 Å². The number of aliphatic hydroxyl groups is 1. The molecule has 2 heteroatoms. The third kappa shape index (κ3) is 5.02. The van der Waals surface area contributed by atoms with Crippen LogP contribution < -0.4 is 0 Å². The SMILES string of the molecule is CCC(C)(O)CC(C)(CC)CCBr. The van der Waals surface area contributed by atoms with Crippen LogP contribution in [0.2, 0.25) is 0 Å². The van der Waals surface area contributed by atoms with E-state index in [-0.39, 0.29) is 5.41 Å². The van der Waals surface area contributed by atoms with E-state index in [9.17, 15) is 5.11 Å². The summed E-state index contributed by atoms with van der Waals surface area (Å²) in [7, 11) is 0. The van der Waals surface area contributed by atoms with E-state index in [1.807, 2.05) is 13.8 Å². The van der Waals surface area contributed by atoms with Crippen molar-refractivity contribution in [2.75, 3.05) is 5.33 Å². The summed E-state index contributed by atoms with van der Waals surface area (Å²) in [6.45, 7) is 8.45. The Balaban J connectivity index is 4.25. The summed E-state index contributed by atoms with van der Waals surface area (Å²) in [6, 6.07) is 0. The molecule has 13 heavy (non-hydrogen) atoms. The molecule has 0 radical (unpaired) electrons. The summed E-state index contributed by atoms with van der Waals surface area (Å²) in [5, 5.41) is 11.0. The van der Waals surface area contributed by atoms with Crippen molar-refractivity contribution < 1.29 is 5.11 Å². The molecule has 1 N–H and O–H groups in total. The van der Waals surface area contributed by atoms with Crippen LogP contribution in [0.1, 0.15) is 53.4 Å². The molecule has 0 aliphatic rings. The minimum atomic E-state index is -0.493. The average molecular weight is 251 g/mol. The Morgan fingerprint density at radius 3 is 2.00 bits per heavy atom. The van der Waals surface area contributed by atoms with Crippen molar-refractivity contribution in [1.82, 2.24) is 0 Å². The Kier molecular flexibility index (Phi) is 5.53. The maximum Gasteiger partial charge on any atom is 0.0622 e. The molecule has 80 valence electrons. The van der Waals surface area contributed by atoms with Crippen molar-refractivity contribution in [2.24, 2.45) is 5.41 Å². The van der Waals surface area contributed by atoms with Gasteiger partial charge in [-0.3, -0.25) is 0 Å². The lowest BCUT2D eigenvalue weighted by Gasteiger charge is -2.35. The molecule has 0 aromatic rings. The van der Waals surface area contributed by atoms with E-state index in [0.29, 0.717) is 0 Å². The smallest absolute Gasteiger partial charge is 0.0622 e. The summed E-state index contributed by atoms with van der Waals surface area (Å²) in [5.41, 5.74) is -0.212. The first kappa shape index (κ1) is 13.4. The van der Waals surface area contributed by atoms with Gasteiger partial charge in [0.1, 0.15) is 0 Å². The zero-order valence-electron chi connectivity index (χ0n) is 9.36. The molecular weight excluding hydrogens is 228 g/mol. The first-order chi connectivity index (χ1) is 5.89. The molecule has 0 saturated carbocycles. The largest absolute Gasteiger partial charge is 0.390 e. The highest BCUT2D eigenvalue weighted by Crippen LogP contribution is 2.36. The van der Waals surface area contributed by atoms with E-state index in [0.717, 1.165) is 31.0 Å². The number of alkyl halides is 1. The van der Waals surface area contributed by atoms with Gasteiger partial charge in [0.2, 0.25) is 0 Å². The number of hydrogen-bond acceptors (Lipinski definition) is 1. The fourth-order valence-electron chi connectivity index (χ4n) is 1.66. The van der Waals surface area contributed by atoms with Crippen LogP contribution in [0.3, 0.4) is 0 Å². The molecule has 0 rings (SSSR count). The summed E-state index contributed by atoms with van der Waals surface area (Å²) in [5.74, 6) is 0. The Labute approximate surface area is 91.1 Å². The van der Waals surface area contributed by atoms with Crippen LogP contribution in [0.25, 0.3) is 0 Å². The zero-order valence-corrected chi connectivity index (χ0v) is 10.9. The molecule has 1 nitrogen and oxygen atoms in total. The van der Waals surface area contributed by atoms with Crippen LogP contribution in [0.5, 0.6) is 0 Å². The Morgan fingerprint density at radius 1 is 1.15 bits per heavy atom. The molecule has 0 heterocycles. The van der Waals surface area contributed by atoms with Gasteiger partial charge in [-0.2, -0.15) is 0 Å². The van der Waals surface area contributed by atoms with Crippen LogP contribution in [-0.2, 0) is 0 Å². The lowest BCUT2D eigenvalue weighted by molar-refractivity contribution is 0.00426. The van der Waals surface area contributed by atoms with E-state index >= 15 is 0 Å². The van der Waals surface area contributed by atoms with Crippen molar-refractivity contribution in [2.45, 2.75) is 59.0 Å². The average Bonchev–Trinajstić information content (AvgIpc) is 2.04. The molecule has 0 saturated heterocycles. The van der Waals surface area contributed by atoms with E-state index in [1.165, 1.54) is 0 Å². The van der Waals surface area contributed by atoms with Gasteiger partial charge >= 0.3 is 0 Å². The first-order valence-electron chi connectivity index (χ1n) is 5.17. The summed E-state index contributed by atoms with van der Waals surface area (Å²) < 4.78 is 0. The van der Waals surface area contributed by atoms with Crippen LogP contribution in [0.15, 0.2) is 0 Å². The fraction of sp³-hybridized carbons (Fsp3) is 1.00. The zero-order chi connectivity index (χ0) is 10.5. The monoisotopic (exact) mass is 250 g/mol. The van der Waals surface area contributed by atoms with Gasteiger partial charge in [0.25, 0.3) is 0 Å². The Hall–Kier alpha value is 0.440. The normalized spacial score (nSPS) is 20.8. The predicted molar refractivity (Wildman–Crippen MR) is 62.3 cm³/mol. The maximum absolute atomic E-state index is 10.0. The van der Waals surface area contributed by atoms with Crippen molar-refractivity contribution in [3.8, 4) is 0 Å². The molecule has 0 aromatic heterocycles. The van der Waals surface area contributed by atoms with Gasteiger partial charge in [0.05, 0.1) is 5.60 Å². The molecule has 0 fully saturated rings. The van der Waals surface area contributed by atoms with Crippen LogP contribution in [0, 0.1) is 5.41 Å². The molecule has 0 bridgehead atoms. The number of rotatable bonds is 6. The molecule has 0 aromatic carbocycles. The van der Waals surface area contributed by atoms with Gasteiger partial charge in [-0.25, -0.2) is 0 Å². The predicted octanol–water partition coefficient (Wildman–Crippen LogP) is 3.74. The molecular formula is C11H23BrO. The minimum absolute atomic E-state index is 0.281. The summed E-state index contributed by atoms with van der Waals surface area (Å²) in [4.78, 5) is 0. The van der Waals surface area contributed by atoms with E-state index in [1.54, 1.807) is 0 Å². The van der Waals surface area contributed by atoms with Crippen LogP contribution in [0.4, 0.5) is 0 Å². The van der Waals surface area contributed by atoms with Crippen molar-refractivity contribution in [3.05, 3.63) is 0 Å². The summed E-state index contributed by atoms with van der Waals surface area (Å²) in [6.07, 6.45) is 4.01. The van der Waals surface area contributed by atoms with Gasteiger partial charge in [0.15, 0.2) is 0 Å².